The molecule has 0 spiro atoms. The minimum atomic E-state index is -0.0585. The molecular formula is C9H19ClO. The Morgan fingerprint density at radius 3 is 2.45 bits per heavy atom. The lowest BCUT2D eigenvalue weighted by Gasteiger charge is -2.08. The lowest BCUT2D eigenvalue weighted by molar-refractivity contribution is 0.0980. The Kier molecular flexibility index (Phi) is 8.54. The fraction of sp³-hybridized carbons (Fsp3) is 1.00. The zero-order chi connectivity index (χ0) is 8.53. The number of rotatable bonds is 7. The monoisotopic (exact) mass is 178 g/mol. The Morgan fingerprint density at radius 1 is 1.18 bits per heavy atom. The molecule has 11 heavy (non-hydrogen) atoms. The van der Waals surface area contributed by atoms with Crippen molar-refractivity contribution < 1.29 is 4.74 Å². The summed E-state index contributed by atoms with van der Waals surface area (Å²) in [7, 11) is 0. The van der Waals surface area contributed by atoms with Gasteiger partial charge in [-0.3, -0.25) is 0 Å². The van der Waals surface area contributed by atoms with Crippen molar-refractivity contribution in [2.45, 2.75) is 51.5 Å². The van der Waals surface area contributed by atoms with E-state index in [1.165, 1.54) is 12.8 Å². The first kappa shape index (κ1) is 11.2. The molecule has 0 saturated heterocycles. The maximum Gasteiger partial charge on any atom is 0.131 e. The summed E-state index contributed by atoms with van der Waals surface area (Å²) < 4.78 is 5.35. The van der Waals surface area contributed by atoms with Crippen molar-refractivity contribution in [1.82, 2.24) is 0 Å². The summed E-state index contributed by atoms with van der Waals surface area (Å²) >= 11 is 5.84. The number of alkyl halides is 1. The Morgan fingerprint density at radius 2 is 1.91 bits per heavy atom. The van der Waals surface area contributed by atoms with Crippen LogP contribution in [0.5, 0.6) is 0 Å². The molecule has 0 bridgehead atoms. The lowest BCUT2D eigenvalue weighted by atomic mass is 10.3. The topological polar surface area (TPSA) is 9.23 Å². The highest BCUT2D eigenvalue weighted by Gasteiger charge is 2.00. The molecule has 0 fully saturated rings. The summed E-state index contributed by atoms with van der Waals surface area (Å²) in [6.45, 7) is 5.12. The molecule has 0 N–H and O–H groups in total. The molecule has 68 valence electrons. The first-order chi connectivity index (χ1) is 5.31. The molecular weight excluding hydrogens is 160 g/mol. The van der Waals surface area contributed by atoms with Crippen LogP contribution >= 0.6 is 11.6 Å². The molecule has 1 nitrogen and oxygen atoms in total. The summed E-state index contributed by atoms with van der Waals surface area (Å²) in [6, 6.07) is 0. The van der Waals surface area contributed by atoms with E-state index in [-0.39, 0.29) is 5.56 Å². The van der Waals surface area contributed by atoms with Gasteiger partial charge in [-0.05, 0) is 12.8 Å². The number of hydrogen-bond donors (Lipinski definition) is 0. The van der Waals surface area contributed by atoms with Gasteiger partial charge in [0.1, 0.15) is 5.56 Å². The summed E-state index contributed by atoms with van der Waals surface area (Å²) in [5.74, 6) is 0. The van der Waals surface area contributed by atoms with Crippen molar-refractivity contribution in [1.29, 1.82) is 0 Å². The third-order valence-corrected chi connectivity index (χ3v) is 1.91. The predicted octanol–water partition coefficient (Wildman–Crippen LogP) is 3.56. The van der Waals surface area contributed by atoms with E-state index < -0.39 is 0 Å². The summed E-state index contributed by atoms with van der Waals surface area (Å²) in [5.41, 5.74) is -0.0585. The van der Waals surface area contributed by atoms with Gasteiger partial charge in [0.05, 0.1) is 0 Å². The van der Waals surface area contributed by atoms with Crippen molar-refractivity contribution in [2.24, 2.45) is 0 Å². The zero-order valence-electron chi connectivity index (χ0n) is 7.61. The van der Waals surface area contributed by atoms with E-state index >= 15 is 0 Å². The number of unbranched alkanes of at least 4 members (excludes halogenated alkanes) is 2. The molecule has 0 aliphatic rings. The lowest BCUT2D eigenvalue weighted by Crippen LogP contribution is -2.05. The van der Waals surface area contributed by atoms with E-state index in [2.05, 4.69) is 13.8 Å². The van der Waals surface area contributed by atoms with Crippen molar-refractivity contribution in [3.8, 4) is 0 Å². The van der Waals surface area contributed by atoms with Crippen molar-refractivity contribution in [3.63, 3.8) is 0 Å². The molecule has 0 heterocycles. The van der Waals surface area contributed by atoms with E-state index in [1.54, 1.807) is 0 Å². The predicted molar refractivity (Wildman–Crippen MR) is 50.0 cm³/mol. The third-order valence-electron chi connectivity index (χ3n) is 1.56. The van der Waals surface area contributed by atoms with Gasteiger partial charge < -0.3 is 4.74 Å². The molecule has 0 aliphatic heterocycles. The highest BCUT2D eigenvalue weighted by Crippen LogP contribution is 2.07. The van der Waals surface area contributed by atoms with Crippen LogP contribution in [0, 0.1) is 0 Å². The van der Waals surface area contributed by atoms with Crippen LogP contribution < -0.4 is 0 Å². The number of halogens is 1. The van der Waals surface area contributed by atoms with E-state index in [0.29, 0.717) is 0 Å². The second-order valence-electron chi connectivity index (χ2n) is 2.78. The molecule has 1 unspecified atom stereocenters. The van der Waals surface area contributed by atoms with Gasteiger partial charge in [-0.2, -0.15) is 0 Å². The molecule has 0 aromatic heterocycles. The molecule has 0 aromatic carbocycles. The van der Waals surface area contributed by atoms with Crippen LogP contribution in [0.25, 0.3) is 0 Å². The van der Waals surface area contributed by atoms with E-state index in [4.69, 9.17) is 16.3 Å². The molecule has 1 atom stereocenters. The minimum absolute atomic E-state index is 0.0585. The highest BCUT2D eigenvalue weighted by molar-refractivity contribution is 6.19. The summed E-state index contributed by atoms with van der Waals surface area (Å²) in [4.78, 5) is 0. The van der Waals surface area contributed by atoms with Crippen LogP contribution in [0.3, 0.4) is 0 Å². The SMILES string of the molecule is CCCCCOC(Cl)CCC. The number of hydrogen-bond acceptors (Lipinski definition) is 1. The molecule has 0 aliphatic carbocycles. The van der Waals surface area contributed by atoms with Gasteiger partial charge in [-0.25, -0.2) is 0 Å². The average molecular weight is 179 g/mol. The molecule has 2 heteroatoms. The fourth-order valence-electron chi connectivity index (χ4n) is 0.874. The molecule has 0 radical (unpaired) electrons. The summed E-state index contributed by atoms with van der Waals surface area (Å²) in [6.07, 6.45) is 5.69. The van der Waals surface area contributed by atoms with Crippen LogP contribution in [0.15, 0.2) is 0 Å². The molecule has 0 amide bonds. The molecule has 0 rings (SSSR count). The van der Waals surface area contributed by atoms with Crippen molar-refractivity contribution >= 4 is 11.6 Å². The van der Waals surface area contributed by atoms with Gasteiger partial charge in [0, 0.05) is 6.61 Å². The van der Waals surface area contributed by atoms with Crippen LogP contribution in [0.1, 0.15) is 46.0 Å². The molecule has 0 saturated carbocycles. The van der Waals surface area contributed by atoms with Crippen LogP contribution in [-0.4, -0.2) is 12.2 Å². The normalized spacial score (nSPS) is 13.4. The van der Waals surface area contributed by atoms with Crippen molar-refractivity contribution in [3.05, 3.63) is 0 Å². The van der Waals surface area contributed by atoms with Gasteiger partial charge in [0.25, 0.3) is 0 Å². The minimum Gasteiger partial charge on any atom is -0.362 e. The maximum atomic E-state index is 5.84. The first-order valence-electron chi connectivity index (χ1n) is 4.57. The smallest absolute Gasteiger partial charge is 0.131 e. The largest absolute Gasteiger partial charge is 0.362 e. The number of ether oxygens (including phenoxy) is 1. The maximum absolute atomic E-state index is 5.84. The van der Waals surface area contributed by atoms with E-state index in [0.717, 1.165) is 25.9 Å². The van der Waals surface area contributed by atoms with Crippen molar-refractivity contribution in [2.75, 3.05) is 6.61 Å². The van der Waals surface area contributed by atoms with Gasteiger partial charge in [-0.1, -0.05) is 44.7 Å². The van der Waals surface area contributed by atoms with E-state index in [9.17, 15) is 0 Å². The Labute approximate surface area is 75.1 Å². The summed E-state index contributed by atoms with van der Waals surface area (Å²) in [5, 5.41) is 0. The van der Waals surface area contributed by atoms with Gasteiger partial charge in [0.2, 0.25) is 0 Å². The average Bonchev–Trinajstić information content (AvgIpc) is 1.99. The quantitative estimate of drug-likeness (QED) is 0.428. The van der Waals surface area contributed by atoms with Gasteiger partial charge in [0.15, 0.2) is 0 Å². The second kappa shape index (κ2) is 8.35. The third kappa shape index (κ3) is 8.15. The highest BCUT2D eigenvalue weighted by atomic mass is 35.5. The Bertz CT molecular complexity index is 76.0. The van der Waals surface area contributed by atoms with Gasteiger partial charge in [-0.15, -0.1) is 0 Å². The standard InChI is InChI=1S/C9H19ClO/c1-3-5-6-8-11-9(10)7-4-2/h9H,3-8H2,1-2H3. The Balaban J connectivity index is 2.97. The Hall–Kier alpha value is 0.250. The van der Waals surface area contributed by atoms with Gasteiger partial charge >= 0.3 is 0 Å². The van der Waals surface area contributed by atoms with E-state index in [1.807, 2.05) is 0 Å². The second-order valence-corrected chi connectivity index (χ2v) is 3.26. The van der Waals surface area contributed by atoms with Crippen LogP contribution in [0.4, 0.5) is 0 Å². The first-order valence-corrected chi connectivity index (χ1v) is 5.00. The van der Waals surface area contributed by atoms with Crippen LogP contribution in [0.2, 0.25) is 0 Å². The van der Waals surface area contributed by atoms with Crippen LogP contribution in [-0.2, 0) is 4.74 Å². The zero-order valence-corrected chi connectivity index (χ0v) is 8.36. The fourth-order valence-corrected chi connectivity index (χ4v) is 1.18. The molecule has 0 aromatic rings.